The van der Waals surface area contributed by atoms with Gasteiger partial charge >= 0.3 is 0 Å². The van der Waals surface area contributed by atoms with E-state index in [0.29, 0.717) is 23.5 Å². The quantitative estimate of drug-likeness (QED) is 0.817. The van der Waals surface area contributed by atoms with E-state index in [-0.39, 0.29) is 0 Å². The van der Waals surface area contributed by atoms with Gasteiger partial charge in [0.25, 0.3) is 0 Å². The molecule has 1 rings (SSSR count). The second-order valence-corrected chi connectivity index (χ2v) is 6.84. The highest BCUT2D eigenvalue weighted by Gasteiger charge is 2.37. The largest absolute Gasteiger partial charge is 0.326 e. The van der Waals surface area contributed by atoms with Crippen LogP contribution in [0.3, 0.4) is 0 Å². The molecule has 0 radical (unpaired) electrons. The Balaban J connectivity index is 2.72. The second kappa shape index (κ2) is 5.71. The Labute approximate surface area is 108 Å². The van der Waals surface area contributed by atoms with E-state index in [2.05, 4.69) is 46.6 Å². The van der Waals surface area contributed by atoms with E-state index in [0.717, 1.165) is 5.92 Å². The molecular formula is C15H32N2. The molecule has 0 aromatic carbocycles. The summed E-state index contributed by atoms with van der Waals surface area (Å²) in [4.78, 5) is 2.47. The van der Waals surface area contributed by atoms with E-state index in [9.17, 15) is 0 Å². The molecule has 2 nitrogen and oxygen atoms in total. The molecule has 1 aliphatic rings. The highest BCUT2D eigenvalue weighted by molar-refractivity contribution is 4.93. The lowest BCUT2D eigenvalue weighted by molar-refractivity contribution is 0.0593. The van der Waals surface area contributed by atoms with Crippen LogP contribution in [-0.2, 0) is 0 Å². The van der Waals surface area contributed by atoms with E-state index >= 15 is 0 Å². The molecule has 102 valence electrons. The second-order valence-electron chi connectivity index (χ2n) is 6.84. The molecule has 17 heavy (non-hydrogen) atoms. The van der Waals surface area contributed by atoms with Gasteiger partial charge in [0.1, 0.15) is 0 Å². The summed E-state index contributed by atoms with van der Waals surface area (Å²) in [5.41, 5.74) is 6.79. The average molecular weight is 240 g/mol. The van der Waals surface area contributed by atoms with E-state index in [1.54, 1.807) is 0 Å². The van der Waals surface area contributed by atoms with Crippen molar-refractivity contribution in [1.29, 1.82) is 0 Å². The molecule has 0 aromatic rings. The summed E-state index contributed by atoms with van der Waals surface area (Å²) in [6, 6.07) is 1.53. The molecule has 3 atom stereocenters. The predicted molar refractivity (Wildman–Crippen MR) is 76.1 cm³/mol. The van der Waals surface area contributed by atoms with Gasteiger partial charge in [0.2, 0.25) is 0 Å². The molecule has 0 spiro atoms. The van der Waals surface area contributed by atoms with Crippen LogP contribution < -0.4 is 5.73 Å². The van der Waals surface area contributed by atoms with Crippen molar-refractivity contribution in [2.45, 2.75) is 78.4 Å². The standard InChI is InChI=1S/C15H32N2/c1-7-15(4,5)12-8-9-13(16)14(10-12)17(6)11(2)3/h11-14H,7-10,16H2,1-6H3. The Morgan fingerprint density at radius 1 is 1.29 bits per heavy atom. The predicted octanol–water partition coefficient (Wildman–Crippen LogP) is 3.26. The number of nitrogens with two attached hydrogens (primary N) is 1. The summed E-state index contributed by atoms with van der Waals surface area (Å²) in [5, 5.41) is 0. The van der Waals surface area contributed by atoms with Crippen LogP contribution in [0.15, 0.2) is 0 Å². The van der Waals surface area contributed by atoms with Crippen LogP contribution in [-0.4, -0.2) is 30.1 Å². The van der Waals surface area contributed by atoms with E-state index in [4.69, 9.17) is 5.73 Å². The van der Waals surface area contributed by atoms with Gasteiger partial charge in [-0.1, -0.05) is 27.2 Å². The van der Waals surface area contributed by atoms with E-state index < -0.39 is 0 Å². The third-order valence-corrected chi connectivity index (χ3v) is 5.22. The zero-order valence-electron chi connectivity index (χ0n) is 12.7. The SMILES string of the molecule is CCC(C)(C)C1CCC(N)C(N(C)C(C)C)C1. The molecular weight excluding hydrogens is 208 g/mol. The summed E-state index contributed by atoms with van der Waals surface area (Å²) in [7, 11) is 2.23. The maximum atomic E-state index is 6.32. The van der Waals surface area contributed by atoms with Crippen LogP contribution in [0, 0.1) is 11.3 Å². The maximum absolute atomic E-state index is 6.32. The zero-order chi connectivity index (χ0) is 13.2. The summed E-state index contributed by atoms with van der Waals surface area (Å²) >= 11 is 0. The topological polar surface area (TPSA) is 29.3 Å². The van der Waals surface area contributed by atoms with E-state index in [1.807, 2.05) is 0 Å². The first-order chi connectivity index (χ1) is 7.79. The smallest absolute Gasteiger partial charge is 0.0249 e. The minimum absolute atomic E-state index is 0.367. The molecule has 0 saturated heterocycles. The van der Waals surface area contributed by atoms with Crippen LogP contribution >= 0.6 is 0 Å². The highest BCUT2D eigenvalue weighted by atomic mass is 15.2. The number of likely N-dealkylation sites (N-methyl/N-ethyl adjacent to an activating group) is 1. The van der Waals surface area contributed by atoms with Gasteiger partial charge in [-0.15, -0.1) is 0 Å². The Kier molecular flexibility index (Phi) is 5.03. The fourth-order valence-corrected chi connectivity index (χ4v) is 3.02. The van der Waals surface area contributed by atoms with Gasteiger partial charge in [-0.2, -0.15) is 0 Å². The maximum Gasteiger partial charge on any atom is 0.0249 e. The highest BCUT2D eigenvalue weighted by Crippen LogP contribution is 2.41. The van der Waals surface area contributed by atoms with Crippen LogP contribution in [0.2, 0.25) is 0 Å². The monoisotopic (exact) mass is 240 g/mol. The molecule has 1 aliphatic carbocycles. The molecule has 0 amide bonds. The van der Waals surface area contributed by atoms with Gasteiger partial charge in [-0.05, 0) is 51.5 Å². The lowest BCUT2D eigenvalue weighted by Gasteiger charge is -2.46. The van der Waals surface area contributed by atoms with Crippen molar-refractivity contribution in [2.75, 3.05) is 7.05 Å². The molecule has 2 N–H and O–H groups in total. The molecule has 1 saturated carbocycles. The number of nitrogens with zero attached hydrogens (tertiary/aromatic N) is 1. The average Bonchev–Trinajstić information content (AvgIpc) is 2.28. The van der Waals surface area contributed by atoms with Gasteiger partial charge in [-0.25, -0.2) is 0 Å². The van der Waals surface area contributed by atoms with Gasteiger partial charge in [0.05, 0.1) is 0 Å². The van der Waals surface area contributed by atoms with Crippen LogP contribution in [0.25, 0.3) is 0 Å². The number of rotatable bonds is 4. The first-order valence-electron chi connectivity index (χ1n) is 7.27. The normalized spacial score (nSPS) is 31.2. The molecule has 0 aliphatic heterocycles. The van der Waals surface area contributed by atoms with Crippen molar-refractivity contribution in [2.24, 2.45) is 17.1 Å². The first-order valence-corrected chi connectivity index (χ1v) is 7.27. The number of hydrogen-bond acceptors (Lipinski definition) is 2. The van der Waals surface area contributed by atoms with Crippen molar-refractivity contribution in [3.63, 3.8) is 0 Å². The molecule has 3 unspecified atom stereocenters. The lowest BCUT2D eigenvalue weighted by Crippen LogP contribution is -2.53. The Morgan fingerprint density at radius 3 is 2.35 bits per heavy atom. The summed E-state index contributed by atoms with van der Waals surface area (Å²) in [5.74, 6) is 0.832. The van der Waals surface area contributed by atoms with Gasteiger partial charge in [0.15, 0.2) is 0 Å². The summed E-state index contributed by atoms with van der Waals surface area (Å²) in [6.07, 6.45) is 5.04. The zero-order valence-corrected chi connectivity index (χ0v) is 12.7. The molecule has 1 fully saturated rings. The minimum Gasteiger partial charge on any atom is -0.326 e. The van der Waals surface area contributed by atoms with Crippen LogP contribution in [0.5, 0.6) is 0 Å². The fourth-order valence-electron chi connectivity index (χ4n) is 3.02. The third-order valence-electron chi connectivity index (χ3n) is 5.22. The fraction of sp³-hybridized carbons (Fsp3) is 1.00. The van der Waals surface area contributed by atoms with Crippen molar-refractivity contribution >= 4 is 0 Å². The lowest BCUT2D eigenvalue weighted by atomic mass is 9.67. The number of hydrogen-bond donors (Lipinski definition) is 1. The van der Waals surface area contributed by atoms with Crippen molar-refractivity contribution in [3.8, 4) is 0 Å². The Morgan fingerprint density at radius 2 is 1.88 bits per heavy atom. The van der Waals surface area contributed by atoms with Crippen LogP contribution in [0.4, 0.5) is 0 Å². The van der Waals surface area contributed by atoms with Crippen LogP contribution in [0.1, 0.15) is 60.3 Å². The molecule has 0 aromatic heterocycles. The van der Waals surface area contributed by atoms with Crippen molar-refractivity contribution < 1.29 is 0 Å². The third kappa shape index (κ3) is 3.45. The minimum atomic E-state index is 0.367. The summed E-state index contributed by atoms with van der Waals surface area (Å²) in [6.45, 7) is 11.7. The van der Waals surface area contributed by atoms with Gasteiger partial charge < -0.3 is 5.73 Å². The van der Waals surface area contributed by atoms with Crippen molar-refractivity contribution in [3.05, 3.63) is 0 Å². The molecule has 2 heteroatoms. The molecule has 0 bridgehead atoms. The van der Waals surface area contributed by atoms with Crippen molar-refractivity contribution in [1.82, 2.24) is 4.90 Å². The van der Waals surface area contributed by atoms with E-state index in [1.165, 1.54) is 25.7 Å². The first kappa shape index (κ1) is 15.0. The van der Waals surface area contributed by atoms with Gasteiger partial charge in [0, 0.05) is 18.1 Å². The molecule has 0 heterocycles. The van der Waals surface area contributed by atoms with Gasteiger partial charge in [-0.3, -0.25) is 4.90 Å². The Bertz CT molecular complexity index is 235. The summed E-state index contributed by atoms with van der Waals surface area (Å²) < 4.78 is 0. The Hall–Kier alpha value is -0.0800.